The summed E-state index contributed by atoms with van der Waals surface area (Å²) >= 11 is 6.06. The van der Waals surface area contributed by atoms with Gasteiger partial charge in [-0.2, -0.15) is 10.2 Å². The summed E-state index contributed by atoms with van der Waals surface area (Å²) in [6, 6.07) is 3.02. The predicted octanol–water partition coefficient (Wildman–Crippen LogP) is 3.11. The maximum absolute atomic E-state index is 12.9. The van der Waals surface area contributed by atoms with Crippen molar-refractivity contribution in [3.63, 3.8) is 0 Å². The molecule has 1 aliphatic rings. The molecule has 4 aromatic rings. The number of hydrogen-bond donors (Lipinski definition) is 3. The number of rotatable bonds is 7. The Bertz CT molecular complexity index is 1360. The molecule has 4 heterocycles. The average Bonchev–Trinajstić information content (AvgIpc) is 3.46. The molecular formula is C23H23ClF2N8O2. The third kappa shape index (κ3) is 5.14. The van der Waals surface area contributed by atoms with Crippen molar-refractivity contribution in [3.8, 4) is 0 Å². The van der Waals surface area contributed by atoms with Gasteiger partial charge in [0.2, 0.25) is 0 Å². The van der Waals surface area contributed by atoms with Crippen molar-refractivity contribution in [2.45, 2.75) is 49.9 Å². The number of nitrogens with zero attached hydrogens (tertiary/aromatic N) is 6. The number of aromatic nitrogens is 6. The zero-order valence-corrected chi connectivity index (χ0v) is 19.7. The van der Waals surface area contributed by atoms with Crippen molar-refractivity contribution in [2.75, 3.05) is 5.32 Å². The van der Waals surface area contributed by atoms with Crippen LogP contribution in [0.5, 0.6) is 0 Å². The van der Waals surface area contributed by atoms with Gasteiger partial charge in [-0.25, -0.2) is 18.3 Å². The molecule has 0 bridgehead atoms. The molecule has 1 amide bonds. The third-order valence-corrected chi connectivity index (χ3v) is 6.43. The zero-order valence-electron chi connectivity index (χ0n) is 18.9. The minimum atomic E-state index is -2.54. The van der Waals surface area contributed by atoms with Gasteiger partial charge in [0.15, 0.2) is 5.65 Å². The van der Waals surface area contributed by atoms with Crippen molar-refractivity contribution < 1.29 is 18.7 Å². The van der Waals surface area contributed by atoms with E-state index in [0.717, 1.165) is 10.2 Å². The predicted molar refractivity (Wildman–Crippen MR) is 127 cm³/mol. The number of amides is 1. The Morgan fingerprint density at radius 3 is 2.89 bits per heavy atom. The number of anilines is 1. The van der Waals surface area contributed by atoms with Crippen LogP contribution in [-0.2, 0) is 6.54 Å². The highest BCUT2D eigenvalue weighted by atomic mass is 35.5. The molecule has 1 saturated carbocycles. The molecule has 0 aliphatic heterocycles. The van der Waals surface area contributed by atoms with Gasteiger partial charge in [0.25, 0.3) is 12.3 Å². The Morgan fingerprint density at radius 1 is 1.25 bits per heavy atom. The molecule has 188 valence electrons. The maximum atomic E-state index is 12.9. The van der Waals surface area contributed by atoms with Crippen LogP contribution < -0.4 is 10.6 Å². The number of carbonyl (C=O) groups excluding carboxylic acids is 1. The molecule has 0 radical (unpaired) electrons. The molecule has 13 heteroatoms. The van der Waals surface area contributed by atoms with E-state index in [4.69, 9.17) is 11.6 Å². The summed E-state index contributed by atoms with van der Waals surface area (Å²) in [5, 5.41) is 26.3. The zero-order chi connectivity index (χ0) is 25.3. The van der Waals surface area contributed by atoms with E-state index in [1.54, 1.807) is 35.2 Å². The topological polar surface area (TPSA) is 122 Å². The van der Waals surface area contributed by atoms with E-state index in [1.807, 2.05) is 0 Å². The van der Waals surface area contributed by atoms with Gasteiger partial charge in [-0.05, 0) is 25.0 Å². The smallest absolute Gasteiger partial charge is 0.257 e. The van der Waals surface area contributed by atoms with Crippen molar-refractivity contribution in [3.05, 3.63) is 71.7 Å². The molecule has 1 fully saturated rings. The first-order valence-corrected chi connectivity index (χ1v) is 11.7. The summed E-state index contributed by atoms with van der Waals surface area (Å²) in [6.07, 6.45) is 9.05. The number of hydrogen-bond acceptors (Lipinski definition) is 7. The normalized spacial score (nSPS) is 22.1. The summed E-state index contributed by atoms with van der Waals surface area (Å²) in [4.78, 5) is 21.3. The number of halogens is 3. The fraction of sp³-hybridized carbons (Fsp3) is 0.348. The van der Waals surface area contributed by atoms with Gasteiger partial charge in [0.05, 0.1) is 34.9 Å². The van der Waals surface area contributed by atoms with Crippen molar-refractivity contribution >= 4 is 28.8 Å². The van der Waals surface area contributed by atoms with Crippen LogP contribution in [0.4, 0.5) is 14.5 Å². The quantitative estimate of drug-likeness (QED) is 0.323. The van der Waals surface area contributed by atoms with Crippen molar-refractivity contribution in [1.29, 1.82) is 0 Å². The monoisotopic (exact) mass is 516 g/mol. The highest BCUT2D eigenvalue weighted by Gasteiger charge is 2.42. The second kappa shape index (κ2) is 9.78. The molecule has 10 nitrogen and oxygen atoms in total. The van der Waals surface area contributed by atoms with E-state index >= 15 is 0 Å². The number of nitrogens with one attached hydrogen (secondary N) is 2. The summed E-state index contributed by atoms with van der Waals surface area (Å²) in [5.74, 6) is -0.656. The van der Waals surface area contributed by atoms with Crippen LogP contribution in [-0.4, -0.2) is 58.6 Å². The lowest BCUT2D eigenvalue weighted by Crippen LogP contribution is -2.51. The van der Waals surface area contributed by atoms with Gasteiger partial charge in [0.1, 0.15) is 12.3 Å². The molecule has 0 spiro atoms. The minimum Gasteiger partial charge on any atom is -0.371 e. The van der Waals surface area contributed by atoms with Gasteiger partial charge in [-0.1, -0.05) is 11.6 Å². The van der Waals surface area contributed by atoms with Crippen LogP contribution in [0.15, 0.2) is 55.5 Å². The lowest BCUT2D eigenvalue weighted by Gasteiger charge is -2.42. The second-order valence-electron chi connectivity index (χ2n) is 8.81. The highest BCUT2D eigenvalue weighted by Crippen LogP contribution is 2.40. The Kier molecular flexibility index (Phi) is 6.54. The van der Waals surface area contributed by atoms with E-state index in [9.17, 15) is 18.7 Å². The van der Waals surface area contributed by atoms with Crippen LogP contribution >= 0.6 is 11.6 Å². The molecule has 3 N–H and O–H groups in total. The lowest BCUT2D eigenvalue weighted by molar-refractivity contribution is 0.0134. The first kappa shape index (κ1) is 24.1. The molecule has 0 aromatic carbocycles. The maximum Gasteiger partial charge on any atom is 0.257 e. The van der Waals surface area contributed by atoms with Gasteiger partial charge < -0.3 is 15.7 Å². The van der Waals surface area contributed by atoms with E-state index in [2.05, 4.69) is 30.8 Å². The van der Waals surface area contributed by atoms with Gasteiger partial charge in [-0.15, -0.1) is 0 Å². The number of carbonyl (C=O) groups is 1. The van der Waals surface area contributed by atoms with E-state index in [-0.39, 0.29) is 24.3 Å². The number of alkyl halides is 2. The molecule has 3 atom stereocenters. The molecule has 0 unspecified atom stereocenters. The van der Waals surface area contributed by atoms with Crippen LogP contribution in [0.2, 0.25) is 5.02 Å². The molecule has 1 aliphatic carbocycles. The fourth-order valence-corrected chi connectivity index (χ4v) is 4.78. The Balaban J connectivity index is 1.43. The first-order chi connectivity index (χ1) is 17.3. The summed E-state index contributed by atoms with van der Waals surface area (Å²) in [6.45, 7) is -0.540. The summed E-state index contributed by atoms with van der Waals surface area (Å²) in [7, 11) is 0. The summed E-state index contributed by atoms with van der Waals surface area (Å²) in [5.41, 5.74) is 0.737. The van der Waals surface area contributed by atoms with Crippen LogP contribution in [0, 0.1) is 0 Å². The van der Waals surface area contributed by atoms with E-state index < -0.39 is 18.7 Å². The number of aliphatic hydroxyl groups is 1. The van der Waals surface area contributed by atoms with E-state index in [1.165, 1.54) is 24.8 Å². The molecule has 5 rings (SSSR count). The van der Waals surface area contributed by atoms with E-state index in [0.29, 0.717) is 34.8 Å². The molecule has 0 saturated heterocycles. The second-order valence-corrected chi connectivity index (χ2v) is 9.25. The average molecular weight is 517 g/mol. The number of fused-ring (bicyclic) bond motifs is 1. The minimum absolute atomic E-state index is 0.191. The highest BCUT2D eigenvalue weighted by molar-refractivity contribution is 6.30. The van der Waals surface area contributed by atoms with Gasteiger partial charge >= 0.3 is 0 Å². The Morgan fingerprint density at radius 2 is 2.11 bits per heavy atom. The molecule has 36 heavy (non-hydrogen) atoms. The van der Waals surface area contributed by atoms with Crippen LogP contribution in [0.3, 0.4) is 0 Å². The van der Waals surface area contributed by atoms with Crippen LogP contribution in [0.25, 0.3) is 5.65 Å². The fourth-order valence-electron chi connectivity index (χ4n) is 4.64. The van der Waals surface area contributed by atoms with Crippen LogP contribution in [0.1, 0.15) is 41.1 Å². The Hall–Kier alpha value is -3.64. The lowest BCUT2D eigenvalue weighted by atomic mass is 9.76. The van der Waals surface area contributed by atoms with Crippen molar-refractivity contribution in [1.82, 2.24) is 34.7 Å². The van der Waals surface area contributed by atoms with Crippen molar-refractivity contribution in [2.24, 2.45) is 0 Å². The first-order valence-electron chi connectivity index (χ1n) is 11.3. The molecule has 4 aromatic heterocycles. The van der Waals surface area contributed by atoms with Gasteiger partial charge in [0, 0.05) is 48.7 Å². The largest absolute Gasteiger partial charge is 0.371 e. The van der Waals surface area contributed by atoms with Gasteiger partial charge in [-0.3, -0.25) is 14.5 Å². The molecular weight excluding hydrogens is 494 g/mol. The number of pyridine rings is 1. The standard InChI is InChI=1S/C23H23ClF2N8O2/c24-15-8-28-21-18(10-30-34(21)11-15)17-6-23(36,32-16-9-29-33(12-16)13-20(25)26)4-3-19(17)31-22(35)14-2-1-5-27-7-14/h1-2,5,7-12,17,19-20,32,36H,3-4,6,13H2,(H,31,35)/t17-,19-,23-/m1/s1. The summed E-state index contributed by atoms with van der Waals surface area (Å²) < 4.78 is 28.1. The SMILES string of the molecule is O=C(N[C@@H]1CC[C@](O)(Nc2cnn(CC(F)F)c2)C[C@@H]1c1cnn2cc(Cl)cnc12)c1cccnc1. The third-order valence-electron chi connectivity index (χ3n) is 6.24. The Labute approximate surface area is 209 Å².